The van der Waals surface area contributed by atoms with Crippen molar-refractivity contribution in [2.45, 2.75) is 13.2 Å². The van der Waals surface area contributed by atoms with E-state index in [0.717, 1.165) is 11.8 Å². The van der Waals surface area contributed by atoms with Gasteiger partial charge in [-0.05, 0) is 5.56 Å². The second kappa shape index (κ2) is 7.74. The Morgan fingerprint density at radius 1 is 1.26 bits per heavy atom. The van der Waals surface area contributed by atoms with E-state index in [-0.39, 0.29) is 24.5 Å². The number of ether oxygens (including phenoxy) is 2. The summed E-state index contributed by atoms with van der Waals surface area (Å²) in [5, 5.41) is 2.45. The number of esters is 1. The third-order valence-corrected chi connectivity index (χ3v) is 2.87. The van der Waals surface area contributed by atoms with Gasteiger partial charge >= 0.3 is 12.1 Å². The van der Waals surface area contributed by atoms with E-state index in [1.807, 2.05) is 30.3 Å². The number of carbonyl (C=O) groups is 2. The van der Waals surface area contributed by atoms with Crippen LogP contribution in [0.15, 0.2) is 41.3 Å². The fraction of sp³-hybridized carbons (Fsp3) is 0.200. The van der Waals surface area contributed by atoms with Crippen molar-refractivity contribution in [2.24, 2.45) is 0 Å². The van der Waals surface area contributed by atoms with Crippen LogP contribution in [-0.2, 0) is 22.6 Å². The van der Waals surface area contributed by atoms with Crippen molar-refractivity contribution in [1.82, 2.24) is 15.3 Å². The average Bonchev–Trinajstić information content (AvgIpc) is 2.58. The van der Waals surface area contributed by atoms with Crippen molar-refractivity contribution >= 4 is 12.1 Å². The molecule has 0 aliphatic heterocycles. The van der Waals surface area contributed by atoms with E-state index in [4.69, 9.17) is 4.74 Å². The van der Waals surface area contributed by atoms with Crippen molar-refractivity contribution < 1.29 is 19.1 Å². The zero-order valence-electron chi connectivity index (χ0n) is 12.4. The Morgan fingerprint density at radius 2 is 2.00 bits per heavy atom. The molecule has 0 spiro atoms. The Hall–Kier alpha value is -3.16. The number of methoxy groups -OCH3 is 1. The average molecular weight is 317 g/mol. The molecule has 1 aromatic carbocycles. The van der Waals surface area contributed by atoms with Gasteiger partial charge in [-0.15, -0.1) is 0 Å². The van der Waals surface area contributed by atoms with Gasteiger partial charge in [-0.3, -0.25) is 4.79 Å². The van der Waals surface area contributed by atoms with Crippen molar-refractivity contribution in [1.29, 1.82) is 0 Å². The molecule has 23 heavy (non-hydrogen) atoms. The van der Waals surface area contributed by atoms with Crippen LogP contribution < -0.4 is 10.9 Å². The summed E-state index contributed by atoms with van der Waals surface area (Å²) >= 11 is 0. The lowest BCUT2D eigenvalue weighted by molar-refractivity contribution is 0.0598. The number of aromatic amines is 1. The molecule has 0 bridgehead atoms. The van der Waals surface area contributed by atoms with Crippen LogP contribution in [0.4, 0.5) is 4.79 Å². The molecule has 0 unspecified atom stereocenters. The lowest BCUT2D eigenvalue weighted by Crippen LogP contribution is -2.27. The highest BCUT2D eigenvalue weighted by Crippen LogP contribution is 2.00. The highest BCUT2D eigenvalue weighted by Gasteiger charge is 2.12. The number of hydrogen-bond donors (Lipinski definition) is 2. The first kappa shape index (κ1) is 16.2. The largest absolute Gasteiger partial charge is 0.465 e. The van der Waals surface area contributed by atoms with Gasteiger partial charge < -0.3 is 19.8 Å². The zero-order chi connectivity index (χ0) is 16.7. The first-order valence-electron chi connectivity index (χ1n) is 6.71. The molecule has 2 rings (SSSR count). The summed E-state index contributed by atoms with van der Waals surface area (Å²) in [7, 11) is 1.17. The molecule has 2 N–H and O–H groups in total. The van der Waals surface area contributed by atoms with Crippen LogP contribution in [0.5, 0.6) is 0 Å². The van der Waals surface area contributed by atoms with E-state index in [0.29, 0.717) is 0 Å². The lowest BCUT2D eigenvalue weighted by Gasteiger charge is -2.07. The number of nitrogens with one attached hydrogen (secondary N) is 2. The van der Waals surface area contributed by atoms with Crippen molar-refractivity contribution in [2.75, 3.05) is 7.11 Å². The third kappa shape index (κ3) is 4.67. The number of nitrogens with zero attached hydrogens (tertiary/aromatic N) is 1. The molecule has 8 nitrogen and oxygen atoms in total. The highest BCUT2D eigenvalue weighted by atomic mass is 16.5. The SMILES string of the molecule is COC(=O)c1cnc(CNC(=O)OCc2ccccc2)[nH]c1=O. The zero-order valence-corrected chi connectivity index (χ0v) is 12.4. The summed E-state index contributed by atoms with van der Waals surface area (Å²) in [4.78, 5) is 40.7. The van der Waals surface area contributed by atoms with Crippen LogP contribution in [0.2, 0.25) is 0 Å². The summed E-state index contributed by atoms with van der Waals surface area (Å²) in [5.41, 5.74) is 0.0146. The molecule has 0 saturated heterocycles. The molecule has 0 saturated carbocycles. The van der Waals surface area contributed by atoms with Gasteiger partial charge in [-0.2, -0.15) is 0 Å². The van der Waals surface area contributed by atoms with Crippen LogP contribution in [0, 0.1) is 0 Å². The number of benzene rings is 1. The maximum atomic E-state index is 11.7. The van der Waals surface area contributed by atoms with Gasteiger partial charge in [0.2, 0.25) is 0 Å². The van der Waals surface area contributed by atoms with Crippen molar-refractivity contribution in [3.8, 4) is 0 Å². The van der Waals surface area contributed by atoms with E-state index in [1.54, 1.807) is 0 Å². The number of carbonyl (C=O) groups excluding carboxylic acids is 2. The van der Waals surface area contributed by atoms with Crippen LogP contribution in [0.25, 0.3) is 0 Å². The lowest BCUT2D eigenvalue weighted by atomic mass is 10.2. The predicted molar refractivity (Wildman–Crippen MR) is 79.7 cm³/mol. The quantitative estimate of drug-likeness (QED) is 0.795. The molecule has 120 valence electrons. The van der Waals surface area contributed by atoms with E-state index < -0.39 is 17.6 Å². The topological polar surface area (TPSA) is 110 Å². The molecular weight excluding hydrogens is 302 g/mol. The minimum atomic E-state index is -0.777. The predicted octanol–water partition coefficient (Wildman–Crippen LogP) is 0.983. The van der Waals surface area contributed by atoms with Gasteiger partial charge in [0.1, 0.15) is 18.0 Å². The molecular formula is C15H15N3O5. The summed E-state index contributed by atoms with van der Waals surface area (Å²) in [5.74, 6) is -0.583. The number of hydrogen-bond acceptors (Lipinski definition) is 6. The molecule has 1 amide bonds. The minimum Gasteiger partial charge on any atom is -0.465 e. The van der Waals surface area contributed by atoms with Gasteiger partial charge in [-0.25, -0.2) is 14.6 Å². The normalized spacial score (nSPS) is 9.96. The maximum Gasteiger partial charge on any atom is 0.407 e. The summed E-state index contributed by atoms with van der Waals surface area (Å²) in [6.07, 6.45) is 0.449. The van der Waals surface area contributed by atoms with Gasteiger partial charge in [0.25, 0.3) is 5.56 Å². The fourth-order valence-electron chi connectivity index (χ4n) is 1.71. The van der Waals surface area contributed by atoms with Crippen LogP contribution in [0.3, 0.4) is 0 Å². The van der Waals surface area contributed by atoms with Gasteiger partial charge in [0.15, 0.2) is 0 Å². The van der Waals surface area contributed by atoms with Crippen LogP contribution in [0.1, 0.15) is 21.7 Å². The van der Waals surface area contributed by atoms with E-state index in [1.165, 1.54) is 7.11 Å². The third-order valence-electron chi connectivity index (χ3n) is 2.87. The second-order valence-electron chi connectivity index (χ2n) is 4.48. The van der Waals surface area contributed by atoms with Crippen LogP contribution >= 0.6 is 0 Å². The maximum absolute atomic E-state index is 11.7. The molecule has 0 aliphatic carbocycles. The first-order valence-corrected chi connectivity index (χ1v) is 6.71. The number of aromatic nitrogens is 2. The van der Waals surface area contributed by atoms with E-state index in [9.17, 15) is 14.4 Å². The summed E-state index contributed by atoms with van der Waals surface area (Å²) < 4.78 is 9.46. The van der Waals surface area contributed by atoms with Gasteiger partial charge in [-0.1, -0.05) is 30.3 Å². The number of rotatable bonds is 5. The van der Waals surface area contributed by atoms with Crippen LogP contribution in [-0.4, -0.2) is 29.1 Å². The highest BCUT2D eigenvalue weighted by molar-refractivity contribution is 5.88. The van der Waals surface area contributed by atoms with E-state index >= 15 is 0 Å². The second-order valence-corrected chi connectivity index (χ2v) is 4.48. The Kier molecular flexibility index (Phi) is 5.45. The molecule has 8 heteroatoms. The summed E-state index contributed by atoms with van der Waals surface area (Å²) in [6, 6.07) is 9.21. The number of H-pyrrole nitrogens is 1. The molecule has 0 fully saturated rings. The van der Waals surface area contributed by atoms with Gasteiger partial charge in [0.05, 0.1) is 13.7 Å². The van der Waals surface area contributed by atoms with Gasteiger partial charge in [0, 0.05) is 6.20 Å². The monoisotopic (exact) mass is 317 g/mol. The van der Waals surface area contributed by atoms with E-state index in [2.05, 4.69) is 20.0 Å². The Bertz CT molecular complexity index is 742. The Morgan fingerprint density at radius 3 is 2.65 bits per heavy atom. The van der Waals surface area contributed by atoms with Crippen molar-refractivity contribution in [3.05, 3.63) is 63.8 Å². The molecule has 0 aliphatic rings. The fourth-order valence-corrected chi connectivity index (χ4v) is 1.71. The summed E-state index contributed by atoms with van der Waals surface area (Å²) in [6.45, 7) is 0.0994. The number of amides is 1. The van der Waals surface area contributed by atoms with Crippen molar-refractivity contribution in [3.63, 3.8) is 0 Å². The first-order chi connectivity index (χ1) is 11.1. The minimum absolute atomic E-state index is 0.0374. The standard InChI is InChI=1S/C15H15N3O5/c1-22-14(20)11-7-16-12(18-13(11)19)8-17-15(21)23-9-10-5-3-2-4-6-10/h2-7H,8-9H2,1H3,(H,17,21)(H,16,18,19). The molecule has 0 radical (unpaired) electrons. The number of alkyl carbamates (subject to hydrolysis) is 1. The Labute approximate surface area is 131 Å². The Balaban J connectivity index is 1.86. The molecule has 0 atom stereocenters. The molecule has 1 aromatic heterocycles. The molecule has 1 heterocycles. The smallest absolute Gasteiger partial charge is 0.407 e. The molecule has 2 aromatic rings.